The number of allylic oxidation sites excluding steroid dienone is 1. The number of hydrogen-bond acceptors (Lipinski definition) is 5. The van der Waals surface area contributed by atoms with E-state index >= 15 is 0 Å². The number of nitrogens with zero attached hydrogens (tertiary/aromatic N) is 2. The van der Waals surface area contributed by atoms with Gasteiger partial charge < -0.3 is 9.47 Å². The summed E-state index contributed by atoms with van der Waals surface area (Å²) in [7, 11) is 1.50. The summed E-state index contributed by atoms with van der Waals surface area (Å²) in [6.07, 6.45) is 1.59. The summed E-state index contributed by atoms with van der Waals surface area (Å²) in [5.74, 6) is 0.480. The maximum Gasteiger partial charge on any atom is 0.269 e. The summed E-state index contributed by atoms with van der Waals surface area (Å²) in [6.45, 7) is 0.193. The Morgan fingerprint density at radius 1 is 1.23 bits per heavy atom. The molecule has 3 aromatic carbocycles. The number of nitriles is 1. The molecule has 31 heavy (non-hydrogen) atoms. The van der Waals surface area contributed by atoms with Gasteiger partial charge in [-0.25, -0.2) is 4.39 Å². The number of halogens is 2. The Morgan fingerprint density at radius 2 is 1.94 bits per heavy atom. The Hall–Kier alpha value is -3.45. The number of rotatable bonds is 7. The predicted octanol–water partition coefficient (Wildman–Crippen LogP) is 5.99. The third kappa shape index (κ3) is 5.38. The number of non-ortho nitro benzene ring substituents is 1. The molecule has 0 saturated heterocycles. The summed E-state index contributed by atoms with van der Waals surface area (Å²) in [4.78, 5) is 10.3. The zero-order chi connectivity index (χ0) is 22.4. The van der Waals surface area contributed by atoms with Crippen LogP contribution < -0.4 is 9.47 Å². The maximum atomic E-state index is 14.1. The molecule has 0 fully saturated rings. The number of nitro groups is 1. The van der Waals surface area contributed by atoms with Gasteiger partial charge in [0.2, 0.25) is 0 Å². The quantitative estimate of drug-likeness (QED) is 0.123. The van der Waals surface area contributed by atoms with Crippen LogP contribution in [0, 0.1) is 30.8 Å². The van der Waals surface area contributed by atoms with E-state index < -0.39 is 10.7 Å². The zero-order valence-electron chi connectivity index (χ0n) is 16.3. The lowest BCUT2D eigenvalue weighted by molar-refractivity contribution is -0.384. The van der Waals surface area contributed by atoms with E-state index in [-0.39, 0.29) is 23.4 Å². The minimum Gasteiger partial charge on any atom is -0.493 e. The van der Waals surface area contributed by atoms with Gasteiger partial charge in [-0.2, -0.15) is 5.26 Å². The highest BCUT2D eigenvalue weighted by Crippen LogP contribution is 2.36. The highest BCUT2D eigenvalue weighted by atomic mass is 127. The van der Waals surface area contributed by atoms with Gasteiger partial charge in [-0.15, -0.1) is 0 Å². The fraction of sp³-hybridized carbons (Fsp3) is 0.0870. The molecule has 0 aliphatic rings. The van der Waals surface area contributed by atoms with Crippen molar-refractivity contribution in [2.75, 3.05) is 7.11 Å². The fourth-order valence-electron chi connectivity index (χ4n) is 2.85. The molecule has 3 aromatic rings. The third-order valence-electron chi connectivity index (χ3n) is 4.38. The Bertz CT molecular complexity index is 1190. The number of hydrogen-bond donors (Lipinski definition) is 0. The molecule has 0 aliphatic heterocycles. The lowest BCUT2D eigenvalue weighted by atomic mass is 10.0. The van der Waals surface area contributed by atoms with Crippen LogP contribution >= 0.6 is 22.6 Å². The number of ether oxygens (including phenoxy) is 2. The van der Waals surface area contributed by atoms with Gasteiger partial charge in [0.25, 0.3) is 5.69 Å². The number of methoxy groups -OCH3 is 1. The van der Waals surface area contributed by atoms with E-state index in [1.165, 1.54) is 25.3 Å². The van der Waals surface area contributed by atoms with E-state index in [1.54, 1.807) is 48.5 Å². The topological polar surface area (TPSA) is 85.4 Å². The van der Waals surface area contributed by atoms with Crippen LogP contribution in [0.2, 0.25) is 0 Å². The van der Waals surface area contributed by atoms with Crippen molar-refractivity contribution in [2.24, 2.45) is 0 Å². The van der Waals surface area contributed by atoms with Crippen LogP contribution in [0.15, 0.2) is 60.7 Å². The molecule has 0 bridgehead atoms. The summed E-state index contributed by atoms with van der Waals surface area (Å²) >= 11 is 2.09. The second kappa shape index (κ2) is 10.0. The van der Waals surface area contributed by atoms with Gasteiger partial charge in [-0.1, -0.05) is 18.2 Å². The summed E-state index contributed by atoms with van der Waals surface area (Å²) in [5, 5.41) is 20.3. The number of nitro benzene ring substituents is 1. The van der Waals surface area contributed by atoms with Crippen molar-refractivity contribution in [3.05, 3.63) is 96.9 Å². The molecule has 156 valence electrons. The van der Waals surface area contributed by atoms with Crippen LogP contribution in [0.4, 0.5) is 10.1 Å². The first-order valence-electron chi connectivity index (χ1n) is 9.03. The largest absolute Gasteiger partial charge is 0.493 e. The van der Waals surface area contributed by atoms with E-state index in [1.807, 2.05) is 6.07 Å². The van der Waals surface area contributed by atoms with Crippen molar-refractivity contribution < 1.29 is 18.8 Å². The molecule has 0 amide bonds. The lowest BCUT2D eigenvalue weighted by Gasteiger charge is -2.14. The Balaban J connectivity index is 1.87. The molecule has 0 atom stereocenters. The third-order valence-corrected chi connectivity index (χ3v) is 5.18. The molecular weight excluding hydrogens is 514 g/mol. The minimum absolute atomic E-state index is 0.00945. The highest BCUT2D eigenvalue weighted by molar-refractivity contribution is 14.1. The molecule has 0 radical (unpaired) electrons. The van der Waals surface area contributed by atoms with Crippen molar-refractivity contribution in [2.45, 2.75) is 6.61 Å². The van der Waals surface area contributed by atoms with Crippen molar-refractivity contribution in [3.63, 3.8) is 0 Å². The second-order valence-electron chi connectivity index (χ2n) is 6.40. The Morgan fingerprint density at radius 3 is 2.55 bits per heavy atom. The minimum atomic E-state index is -0.472. The molecule has 0 N–H and O–H groups in total. The molecule has 6 nitrogen and oxygen atoms in total. The van der Waals surface area contributed by atoms with Crippen molar-refractivity contribution >= 4 is 39.9 Å². The lowest BCUT2D eigenvalue weighted by Crippen LogP contribution is -2.00. The van der Waals surface area contributed by atoms with Crippen molar-refractivity contribution in [1.82, 2.24) is 0 Å². The molecule has 0 aromatic heterocycles. The molecule has 0 spiro atoms. The van der Waals surface area contributed by atoms with Gasteiger partial charge >= 0.3 is 0 Å². The van der Waals surface area contributed by atoms with E-state index in [4.69, 9.17) is 9.47 Å². The fourth-order valence-corrected chi connectivity index (χ4v) is 3.63. The first kappa shape index (κ1) is 22.2. The highest BCUT2D eigenvalue weighted by Gasteiger charge is 2.14. The standard InChI is InChI=1S/C23H16FIN2O4/c1-30-22-12-16(10-17(13-26)19-4-2-3-5-20(19)24)11-21(25)23(22)31-14-15-6-8-18(9-7-15)27(28)29/h2-12H,14H2,1H3/b17-10-. The van der Waals surface area contributed by atoms with Crippen molar-refractivity contribution in [3.8, 4) is 17.6 Å². The summed E-state index contributed by atoms with van der Waals surface area (Å²) in [5.41, 5.74) is 1.84. The van der Waals surface area contributed by atoms with Gasteiger partial charge in [-0.05, 0) is 70.1 Å². The predicted molar refractivity (Wildman–Crippen MR) is 123 cm³/mol. The van der Waals surface area contributed by atoms with Crippen LogP contribution in [0.5, 0.6) is 11.5 Å². The molecule has 0 unspecified atom stereocenters. The molecule has 0 aliphatic carbocycles. The van der Waals surface area contributed by atoms with E-state index in [0.717, 1.165) is 9.13 Å². The van der Waals surface area contributed by atoms with Crippen LogP contribution in [-0.4, -0.2) is 12.0 Å². The summed E-state index contributed by atoms with van der Waals surface area (Å²) < 4.78 is 26.1. The van der Waals surface area contributed by atoms with Gasteiger partial charge in [0.05, 0.1) is 27.2 Å². The zero-order valence-corrected chi connectivity index (χ0v) is 18.5. The Kier molecular flexibility index (Phi) is 7.20. The normalized spacial score (nSPS) is 11.0. The van der Waals surface area contributed by atoms with E-state index in [9.17, 15) is 19.8 Å². The van der Waals surface area contributed by atoms with Gasteiger partial charge in [0.15, 0.2) is 11.5 Å². The average Bonchev–Trinajstić information content (AvgIpc) is 2.77. The molecule has 0 heterocycles. The monoisotopic (exact) mass is 530 g/mol. The maximum absolute atomic E-state index is 14.1. The average molecular weight is 530 g/mol. The van der Waals surface area contributed by atoms with Crippen LogP contribution in [0.3, 0.4) is 0 Å². The summed E-state index contributed by atoms with van der Waals surface area (Å²) in [6, 6.07) is 17.7. The molecule has 3 rings (SSSR count). The van der Waals surface area contributed by atoms with Crippen LogP contribution in [-0.2, 0) is 6.61 Å². The Labute approximate surface area is 191 Å². The van der Waals surface area contributed by atoms with Gasteiger partial charge in [0.1, 0.15) is 12.4 Å². The molecule has 8 heteroatoms. The first-order chi connectivity index (χ1) is 14.9. The van der Waals surface area contributed by atoms with Crippen molar-refractivity contribution in [1.29, 1.82) is 5.26 Å². The van der Waals surface area contributed by atoms with Gasteiger partial charge in [0, 0.05) is 17.7 Å². The van der Waals surface area contributed by atoms with Crippen LogP contribution in [0.25, 0.3) is 11.6 Å². The van der Waals surface area contributed by atoms with E-state index in [2.05, 4.69) is 22.6 Å². The molecule has 0 saturated carbocycles. The van der Waals surface area contributed by atoms with Crippen LogP contribution in [0.1, 0.15) is 16.7 Å². The van der Waals surface area contributed by atoms with Gasteiger partial charge in [-0.3, -0.25) is 10.1 Å². The molecular formula is C23H16FIN2O4. The smallest absolute Gasteiger partial charge is 0.269 e. The first-order valence-corrected chi connectivity index (χ1v) is 10.1. The number of benzene rings is 3. The SMILES string of the molecule is COc1cc(/C=C(/C#N)c2ccccc2F)cc(I)c1OCc1ccc([N+](=O)[O-])cc1. The second-order valence-corrected chi connectivity index (χ2v) is 7.56. The van der Waals surface area contributed by atoms with E-state index in [0.29, 0.717) is 17.1 Å².